The monoisotopic (exact) mass is 366 g/mol. The van der Waals surface area contributed by atoms with Crippen LogP contribution in [0.5, 0.6) is 0 Å². The molecule has 3 saturated heterocycles. The van der Waals surface area contributed by atoms with Crippen LogP contribution in [0.15, 0.2) is 4.99 Å². The highest BCUT2D eigenvalue weighted by molar-refractivity contribution is 7.99. The van der Waals surface area contributed by atoms with Gasteiger partial charge in [-0.25, -0.2) is 0 Å². The van der Waals surface area contributed by atoms with Gasteiger partial charge in [0.15, 0.2) is 5.96 Å². The number of thioether (sulfide) groups is 1. The van der Waals surface area contributed by atoms with Crippen molar-refractivity contribution < 1.29 is 4.74 Å². The zero-order valence-electron chi connectivity index (χ0n) is 15.7. The third-order valence-electron chi connectivity index (χ3n) is 6.83. The minimum Gasteiger partial charge on any atom is -0.379 e. The number of guanidine groups is 1. The molecule has 0 aromatic rings. The smallest absolute Gasteiger partial charge is 0.193 e. The van der Waals surface area contributed by atoms with Crippen LogP contribution in [0.3, 0.4) is 0 Å². The molecule has 1 saturated carbocycles. The van der Waals surface area contributed by atoms with Crippen LogP contribution < -0.4 is 5.32 Å². The maximum atomic E-state index is 5.59. The Kier molecular flexibility index (Phi) is 5.77. The molecule has 3 atom stereocenters. The van der Waals surface area contributed by atoms with E-state index < -0.39 is 0 Å². The van der Waals surface area contributed by atoms with Crippen LogP contribution in [0, 0.1) is 11.8 Å². The Bertz CT molecular complexity index is 460. The molecule has 4 fully saturated rings. The van der Waals surface area contributed by atoms with Gasteiger partial charge >= 0.3 is 0 Å². The van der Waals surface area contributed by atoms with E-state index >= 15 is 0 Å². The maximum Gasteiger partial charge on any atom is 0.193 e. The molecule has 0 spiro atoms. The zero-order valence-corrected chi connectivity index (χ0v) is 16.5. The van der Waals surface area contributed by atoms with Gasteiger partial charge in [-0.05, 0) is 36.9 Å². The molecule has 1 aliphatic carbocycles. The van der Waals surface area contributed by atoms with Crippen molar-refractivity contribution in [3.8, 4) is 0 Å². The summed E-state index contributed by atoms with van der Waals surface area (Å²) in [5.41, 5.74) is 0.289. The lowest BCUT2D eigenvalue weighted by Gasteiger charge is -2.43. The molecule has 0 amide bonds. The fourth-order valence-corrected chi connectivity index (χ4v) is 6.77. The number of rotatable bonds is 3. The molecule has 142 valence electrons. The molecule has 25 heavy (non-hydrogen) atoms. The first kappa shape index (κ1) is 17.9. The summed E-state index contributed by atoms with van der Waals surface area (Å²) in [6, 6.07) is 0. The Morgan fingerprint density at radius 1 is 1.20 bits per heavy atom. The van der Waals surface area contributed by atoms with E-state index in [0.717, 1.165) is 50.6 Å². The molecule has 1 N–H and O–H groups in total. The second-order valence-electron chi connectivity index (χ2n) is 8.24. The predicted molar refractivity (Wildman–Crippen MR) is 105 cm³/mol. The van der Waals surface area contributed by atoms with E-state index in [0.29, 0.717) is 0 Å². The molecule has 0 radical (unpaired) electrons. The van der Waals surface area contributed by atoms with Crippen LogP contribution >= 0.6 is 11.8 Å². The number of nitrogens with one attached hydrogen (secondary N) is 1. The quantitative estimate of drug-likeness (QED) is 0.610. The lowest BCUT2D eigenvalue weighted by Crippen LogP contribution is -2.60. The van der Waals surface area contributed by atoms with Gasteiger partial charge in [-0.3, -0.25) is 9.89 Å². The number of likely N-dealkylation sites (tertiary alicyclic amines) is 1. The van der Waals surface area contributed by atoms with Crippen LogP contribution in [0.4, 0.5) is 0 Å². The second-order valence-corrected chi connectivity index (χ2v) is 9.34. The Balaban J connectivity index is 1.38. The zero-order chi connectivity index (χ0) is 17.1. The van der Waals surface area contributed by atoms with Gasteiger partial charge in [0.05, 0.1) is 13.2 Å². The van der Waals surface area contributed by atoms with Gasteiger partial charge in [-0.2, -0.15) is 11.8 Å². The lowest BCUT2D eigenvalue weighted by atomic mass is 9.82. The van der Waals surface area contributed by atoms with E-state index in [2.05, 4.69) is 31.9 Å². The first-order valence-electron chi connectivity index (χ1n) is 10.2. The molecule has 6 heteroatoms. The maximum absolute atomic E-state index is 5.59. The molecule has 5 nitrogen and oxygen atoms in total. The summed E-state index contributed by atoms with van der Waals surface area (Å²) >= 11 is 2.11. The van der Waals surface area contributed by atoms with Crippen LogP contribution in [0.2, 0.25) is 0 Å². The predicted octanol–water partition coefficient (Wildman–Crippen LogP) is 1.89. The van der Waals surface area contributed by atoms with Gasteiger partial charge in [-0.15, -0.1) is 0 Å². The molecule has 4 aliphatic rings. The highest BCUT2D eigenvalue weighted by Gasteiger charge is 2.41. The van der Waals surface area contributed by atoms with E-state index in [-0.39, 0.29) is 5.54 Å². The summed E-state index contributed by atoms with van der Waals surface area (Å²) in [6.45, 7) is 7.38. The molecule has 3 unspecified atom stereocenters. The lowest BCUT2D eigenvalue weighted by molar-refractivity contribution is -0.0121. The minimum atomic E-state index is 0.289. The number of nitrogens with zero attached hydrogens (tertiary/aromatic N) is 3. The van der Waals surface area contributed by atoms with Gasteiger partial charge in [0.25, 0.3) is 0 Å². The van der Waals surface area contributed by atoms with Crippen LogP contribution in [-0.2, 0) is 4.74 Å². The minimum absolute atomic E-state index is 0.289. The van der Waals surface area contributed by atoms with E-state index in [1.807, 2.05) is 7.05 Å². The third kappa shape index (κ3) is 3.81. The van der Waals surface area contributed by atoms with Crippen molar-refractivity contribution in [1.29, 1.82) is 0 Å². The topological polar surface area (TPSA) is 40.1 Å². The first-order chi connectivity index (χ1) is 12.3. The highest BCUT2D eigenvalue weighted by atomic mass is 32.2. The van der Waals surface area contributed by atoms with Crippen molar-refractivity contribution in [2.75, 3.05) is 64.5 Å². The fourth-order valence-electron chi connectivity index (χ4n) is 5.29. The average Bonchev–Trinajstić information content (AvgIpc) is 3.30. The largest absolute Gasteiger partial charge is 0.379 e. The van der Waals surface area contributed by atoms with E-state index in [4.69, 9.17) is 4.74 Å². The van der Waals surface area contributed by atoms with Crippen molar-refractivity contribution in [2.45, 2.75) is 37.6 Å². The van der Waals surface area contributed by atoms with Gasteiger partial charge in [0.1, 0.15) is 0 Å². The summed E-state index contributed by atoms with van der Waals surface area (Å²) in [4.78, 5) is 9.87. The summed E-state index contributed by atoms with van der Waals surface area (Å²) in [5.74, 6) is 5.47. The van der Waals surface area contributed by atoms with E-state index in [1.54, 1.807) is 0 Å². The molecule has 4 rings (SSSR count). The van der Waals surface area contributed by atoms with Gasteiger partial charge in [0.2, 0.25) is 0 Å². The summed E-state index contributed by atoms with van der Waals surface area (Å²) in [7, 11) is 1.95. The number of hydrogen-bond acceptors (Lipinski definition) is 4. The second kappa shape index (κ2) is 8.05. The molecule has 0 aromatic carbocycles. The number of morpholine rings is 1. The number of fused-ring (bicyclic) bond motifs is 1. The van der Waals surface area contributed by atoms with Crippen molar-refractivity contribution in [3.05, 3.63) is 0 Å². The van der Waals surface area contributed by atoms with Crippen molar-refractivity contribution in [3.63, 3.8) is 0 Å². The summed E-state index contributed by atoms with van der Waals surface area (Å²) in [6.07, 6.45) is 6.99. The molecule has 0 bridgehead atoms. The fraction of sp³-hybridized carbons (Fsp3) is 0.947. The number of hydrogen-bond donors (Lipinski definition) is 1. The van der Waals surface area contributed by atoms with Crippen LogP contribution in [0.1, 0.15) is 32.1 Å². The molecular formula is C19H34N4OS. The van der Waals surface area contributed by atoms with Crippen molar-refractivity contribution in [1.82, 2.24) is 15.1 Å². The molecule has 3 aliphatic heterocycles. The normalized spacial score (nSPS) is 37.3. The van der Waals surface area contributed by atoms with Gasteiger partial charge in [0, 0.05) is 51.1 Å². The molecule has 0 aromatic heterocycles. The van der Waals surface area contributed by atoms with E-state index in [9.17, 15) is 0 Å². The van der Waals surface area contributed by atoms with Crippen LogP contribution in [-0.4, -0.2) is 85.8 Å². The van der Waals surface area contributed by atoms with Crippen LogP contribution in [0.25, 0.3) is 0 Å². The van der Waals surface area contributed by atoms with Gasteiger partial charge in [-0.1, -0.05) is 12.8 Å². The van der Waals surface area contributed by atoms with Crippen molar-refractivity contribution >= 4 is 17.7 Å². The Morgan fingerprint density at radius 3 is 2.52 bits per heavy atom. The Morgan fingerprint density at radius 2 is 1.92 bits per heavy atom. The standard InChI is InChI=1S/C19H34N4OS/c1-20-18(22-12-16-4-2-3-5-17(16)13-22)21-14-19(6-11-25-15-19)23-7-9-24-10-8-23/h16-17H,2-15H2,1H3,(H,20,21). The molecular weight excluding hydrogens is 332 g/mol. The Hall–Kier alpha value is -0.460. The first-order valence-corrected chi connectivity index (χ1v) is 11.3. The third-order valence-corrected chi connectivity index (χ3v) is 8.06. The Labute approximate surface area is 156 Å². The summed E-state index contributed by atoms with van der Waals surface area (Å²) in [5, 5.41) is 3.78. The summed E-state index contributed by atoms with van der Waals surface area (Å²) < 4.78 is 5.59. The average molecular weight is 367 g/mol. The highest BCUT2D eigenvalue weighted by Crippen LogP contribution is 2.36. The van der Waals surface area contributed by atoms with Gasteiger partial charge < -0.3 is 15.0 Å². The number of aliphatic imine (C=N–C) groups is 1. The van der Waals surface area contributed by atoms with Crippen molar-refractivity contribution in [2.24, 2.45) is 16.8 Å². The SMILES string of the molecule is CN=C(NCC1(N2CCOCC2)CCSC1)N1CC2CCCCC2C1. The van der Waals surface area contributed by atoms with E-state index in [1.165, 1.54) is 56.7 Å². The number of ether oxygens (including phenoxy) is 1. The molecule has 3 heterocycles.